The van der Waals surface area contributed by atoms with Crippen molar-refractivity contribution in [1.82, 2.24) is 14.7 Å². The van der Waals surface area contributed by atoms with Gasteiger partial charge in [-0.1, -0.05) is 37.3 Å². The van der Waals surface area contributed by atoms with Gasteiger partial charge in [0.2, 0.25) is 0 Å². The normalized spacial score (nSPS) is 11.7. The van der Waals surface area contributed by atoms with E-state index in [1.165, 1.54) is 11.5 Å². The van der Waals surface area contributed by atoms with Gasteiger partial charge in [0.05, 0.1) is 7.11 Å². The number of hydrogen-bond donors (Lipinski definition) is 1. The van der Waals surface area contributed by atoms with E-state index in [0.29, 0.717) is 34.5 Å². The molecule has 146 valence electrons. The first-order valence-electron chi connectivity index (χ1n) is 9.12. The first-order chi connectivity index (χ1) is 13.6. The Labute approximate surface area is 168 Å². The van der Waals surface area contributed by atoms with Gasteiger partial charge >= 0.3 is 0 Å². The number of rotatable bonds is 8. The average molecular weight is 398 g/mol. The summed E-state index contributed by atoms with van der Waals surface area (Å²) in [6, 6.07) is 15.2. The molecule has 0 unspecified atom stereocenters. The molecule has 7 heteroatoms. The maximum Gasteiger partial charge on any atom is 0.298 e. The standard InChI is InChI=1S/C21H23N3O3S/c1-4-14(2)22-20(25)16-10-11-17(18(13-16)26-3)27-21-23-19(24-28-21)12-15-8-6-5-7-9-15/h5-11,13-14H,4,12H2,1-3H3,(H,22,25)/t14-/m0/s1. The van der Waals surface area contributed by atoms with Crippen LogP contribution in [0.1, 0.15) is 42.0 Å². The number of nitrogens with one attached hydrogen (secondary N) is 1. The summed E-state index contributed by atoms with van der Waals surface area (Å²) >= 11 is 1.19. The maximum atomic E-state index is 12.3. The van der Waals surface area contributed by atoms with Gasteiger partial charge in [-0.3, -0.25) is 4.79 Å². The minimum absolute atomic E-state index is 0.110. The second-order valence-electron chi connectivity index (χ2n) is 6.39. The highest BCUT2D eigenvalue weighted by atomic mass is 32.1. The van der Waals surface area contributed by atoms with E-state index in [-0.39, 0.29) is 11.9 Å². The Morgan fingerprint density at radius 1 is 1.18 bits per heavy atom. The fourth-order valence-corrected chi connectivity index (χ4v) is 3.09. The highest BCUT2D eigenvalue weighted by Crippen LogP contribution is 2.33. The van der Waals surface area contributed by atoms with E-state index < -0.39 is 0 Å². The van der Waals surface area contributed by atoms with Crippen LogP contribution >= 0.6 is 11.5 Å². The Morgan fingerprint density at radius 3 is 2.68 bits per heavy atom. The van der Waals surface area contributed by atoms with E-state index in [1.807, 2.05) is 44.2 Å². The third kappa shape index (κ3) is 5.07. The molecule has 1 N–H and O–H groups in total. The van der Waals surface area contributed by atoms with Crippen LogP contribution in [0.2, 0.25) is 0 Å². The first kappa shape index (κ1) is 19.8. The van der Waals surface area contributed by atoms with Crippen molar-refractivity contribution < 1.29 is 14.3 Å². The molecule has 1 heterocycles. The molecule has 1 amide bonds. The van der Waals surface area contributed by atoms with Crippen molar-refractivity contribution in [2.45, 2.75) is 32.7 Å². The predicted octanol–water partition coefficient (Wildman–Crippen LogP) is 4.46. The zero-order valence-corrected chi connectivity index (χ0v) is 17.0. The van der Waals surface area contributed by atoms with Gasteiger partial charge in [-0.15, -0.1) is 0 Å². The van der Waals surface area contributed by atoms with E-state index in [9.17, 15) is 4.79 Å². The number of methoxy groups -OCH3 is 1. The summed E-state index contributed by atoms with van der Waals surface area (Å²) in [6.45, 7) is 3.99. The van der Waals surface area contributed by atoms with Crippen LogP contribution in [0.15, 0.2) is 48.5 Å². The second-order valence-corrected chi connectivity index (χ2v) is 7.10. The maximum absolute atomic E-state index is 12.3. The number of nitrogens with zero attached hydrogens (tertiary/aromatic N) is 2. The highest BCUT2D eigenvalue weighted by Gasteiger charge is 2.15. The highest BCUT2D eigenvalue weighted by molar-refractivity contribution is 7.07. The predicted molar refractivity (Wildman–Crippen MR) is 109 cm³/mol. The Morgan fingerprint density at radius 2 is 1.96 bits per heavy atom. The molecule has 0 bridgehead atoms. The lowest BCUT2D eigenvalue weighted by molar-refractivity contribution is 0.0939. The SMILES string of the molecule is CC[C@H](C)NC(=O)c1ccc(Oc2nc(Cc3ccccc3)ns2)c(OC)c1. The number of ether oxygens (including phenoxy) is 2. The molecule has 0 fully saturated rings. The van der Waals surface area contributed by atoms with E-state index in [4.69, 9.17) is 9.47 Å². The minimum Gasteiger partial charge on any atom is -0.493 e. The Bertz CT molecular complexity index is 928. The fourth-order valence-electron chi connectivity index (χ4n) is 2.53. The summed E-state index contributed by atoms with van der Waals surface area (Å²) in [5, 5.41) is 3.37. The monoisotopic (exact) mass is 397 g/mol. The molecule has 2 aromatic carbocycles. The minimum atomic E-state index is -0.139. The van der Waals surface area contributed by atoms with Crippen LogP contribution in [0.5, 0.6) is 16.7 Å². The smallest absolute Gasteiger partial charge is 0.298 e. The third-order valence-corrected chi connectivity index (χ3v) is 4.90. The summed E-state index contributed by atoms with van der Waals surface area (Å²) in [7, 11) is 1.54. The van der Waals surface area contributed by atoms with E-state index in [0.717, 1.165) is 12.0 Å². The molecule has 6 nitrogen and oxygen atoms in total. The Kier molecular flexibility index (Phi) is 6.60. The van der Waals surface area contributed by atoms with Gasteiger partial charge in [-0.25, -0.2) is 0 Å². The topological polar surface area (TPSA) is 73.3 Å². The zero-order valence-electron chi connectivity index (χ0n) is 16.1. The van der Waals surface area contributed by atoms with Gasteiger partial charge in [0, 0.05) is 29.6 Å². The molecule has 1 atom stereocenters. The van der Waals surface area contributed by atoms with Gasteiger partial charge < -0.3 is 14.8 Å². The molecular formula is C21H23N3O3S. The van der Waals surface area contributed by atoms with Crippen molar-refractivity contribution in [1.29, 1.82) is 0 Å². The number of aromatic nitrogens is 2. The molecule has 0 saturated carbocycles. The molecule has 0 aliphatic carbocycles. The fraction of sp³-hybridized carbons (Fsp3) is 0.286. The first-order valence-corrected chi connectivity index (χ1v) is 9.89. The lowest BCUT2D eigenvalue weighted by Gasteiger charge is -2.13. The molecule has 0 radical (unpaired) electrons. The van der Waals surface area contributed by atoms with Gasteiger partial charge in [-0.2, -0.15) is 9.36 Å². The largest absolute Gasteiger partial charge is 0.493 e. The molecule has 1 aromatic heterocycles. The molecule has 0 spiro atoms. The van der Waals surface area contributed by atoms with Crippen LogP contribution in [0.25, 0.3) is 0 Å². The Hall–Kier alpha value is -2.93. The van der Waals surface area contributed by atoms with Crippen LogP contribution in [0.4, 0.5) is 0 Å². The third-order valence-electron chi connectivity index (χ3n) is 4.27. The van der Waals surface area contributed by atoms with Gasteiger partial charge in [0.1, 0.15) is 0 Å². The number of carbonyl (C=O) groups excluding carboxylic acids is 1. The molecule has 0 aliphatic heterocycles. The van der Waals surface area contributed by atoms with Gasteiger partial charge in [0.25, 0.3) is 11.1 Å². The van der Waals surface area contributed by atoms with Crippen molar-refractivity contribution in [2.75, 3.05) is 7.11 Å². The van der Waals surface area contributed by atoms with E-state index in [1.54, 1.807) is 25.3 Å². The zero-order chi connectivity index (χ0) is 19.9. The number of carbonyl (C=O) groups is 1. The van der Waals surface area contributed by atoms with Crippen molar-refractivity contribution in [2.24, 2.45) is 0 Å². The summed E-state index contributed by atoms with van der Waals surface area (Å²) in [5.74, 6) is 1.52. The number of amides is 1. The summed E-state index contributed by atoms with van der Waals surface area (Å²) in [6.07, 6.45) is 1.51. The van der Waals surface area contributed by atoms with Crippen molar-refractivity contribution in [3.05, 3.63) is 65.5 Å². The second kappa shape index (κ2) is 9.32. The van der Waals surface area contributed by atoms with Crippen LogP contribution in [-0.2, 0) is 6.42 Å². The van der Waals surface area contributed by atoms with Crippen molar-refractivity contribution >= 4 is 17.4 Å². The van der Waals surface area contributed by atoms with Crippen LogP contribution < -0.4 is 14.8 Å². The van der Waals surface area contributed by atoms with Crippen molar-refractivity contribution in [3.8, 4) is 16.7 Å². The van der Waals surface area contributed by atoms with E-state index >= 15 is 0 Å². The molecule has 3 rings (SSSR count). The molecular weight excluding hydrogens is 374 g/mol. The number of hydrogen-bond acceptors (Lipinski definition) is 6. The summed E-state index contributed by atoms with van der Waals surface area (Å²) < 4.78 is 15.6. The molecule has 0 aliphatic rings. The van der Waals surface area contributed by atoms with Crippen LogP contribution in [0, 0.1) is 0 Å². The number of benzene rings is 2. The summed E-state index contributed by atoms with van der Waals surface area (Å²) in [5.41, 5.74) is 1.66. The lowest BCUT2D eigenvalue weighted by Crippen LogP contribution is -2.31. The molecule has 3 aromatic rings. The molecule has 0 saturated heterocycles. The Balaban J connectivity index is 1.71. The lowest BCUT2D eigenvalue weighted by atomic mass is 10.1. The average Bonchev–Trinajstić information content (AvgIpc) is 3.15. The van der Waals surface area contributed by atoms with Gasteiger partial charge in [-0.05, 0) is 37.1 Å². The van der Waals surface area contributed by atoms with Crippen molar-refractivity contribution in [3.63, 3.8) is 0 Å². The van der Waals surface area contributed by atoms with E-state index in [2.05, 4.69) is 14.7 Å². The van der Waals surface area contributed by atoms with Crippen LogP contribution in [-0.4, -0.2) is 28.4 Å². The van der Waals surface area contributed by atoms with Gasteiger partial charge in [0.15, 0.2) is 17.3 Å². The van der Waals surface area contributed by atoms with Crippen LogP contribution in [0.3, 0.4) is 0 Å². The quantitative estimate of drug-likeness (QED) is 0.608. The molecule has 28 heavy (non-hydrogen) atoms. The summed E-state index contributed by atoms with van der Waals surface area (Å²) in [4.78, 5) is 16.7.